The molecule has 2 aromatic carbocycles. The highest BCUT2D eigenvalue weighted by molar-refractivity contribution is 6.30. The van der Waals surface area contributed by atoms with Crippen LogP contribution in [-0.2, 0) is 5.60 Å². The van der Waals surface area contributed by atoms with Gasteiger partial charge in [0.2, 0.25) is 0 Å². The van der Waals surface area contributed by atoms with E-state index in [4.69, 9.17) is 18.0 Å². The van der Waals surface area contributed by atoms with E-state index in [1.54, 1.807) is 6.92 Å². The van der Waals surface area contributed by atoms with Crippen LogP contribution in [0.1, 0.15) is 12.5 Å². The van der Waals surface area contributed by atoms with Gasteiger partial charge in [0.25, 0.3) is 0 Å². The van der Waals surface area contributed by atoms with E-state index in [-0.39, 0.29) is 0 Å². The minimum atomic E-state index is -1.22. The number of hydrogen-bond donors (Lipinski definition) is 1. The molecule has 0 saturated heterocycles. The lowest BCUT2D eigenvalue weighted by molar-refractivity contribution is 0.122. The molecule has 0 heterocycles. The molecule has 0 aliphatic rings. The van der Waals surface area contributed by atoms with Crippen molar-refractivity contribution in [3.05, 3.63) is 59.1 Å². The second-order valence-electron chi connectivity index (χ2n) is 4.30. The first kappa shape index (κ1) is 12.7. The Kier molecular flexibility index (Phi) is 3.43. The van der Waals surface area contributed by atoms with Gasteiger partial charge in [0, 0.05) is 5.02 Å². The maximum absolute atomic E-state index is 9.94. The molecule has 0 bridgehead atoms. The molecule has 0 spiro atoms. The Hall–Kier alpha value is -1.75. The Morgan fingerprint density at radius 1 is 1.00 bits per heavy atom. The Morgan fingerprint density at radius 3 is 1.89 bits per heavy atom. The molecule has 0 radical (unpaired) electrons. The summed E-state index contributed by atoms with van der Waals surface area (Å²) < 4.78 is 0. The number of terminal acetylenes is 1. The number of halogens is 1. The summed E-state index contributed by atoms with van der Waals surface area (Å²) in [5, 5.41) is 10.7. The van der Waals surface area contributed by atoms with Crippen molar-refractivity contribution in [3.63, 3.8) is 0 Å². The fourth-order valence-electron chi connectivity index (χ4n) is 1.71. The molecule has 1 unspecified atom stereocenters. The van der Waals surface area contributed by atoms with E-state index in [1.165, 1.54) is 0 Å². The lowest BCUT2D eigenvalue weighted by atomic mass is 9.94. The van der Waals surface area contributed by atoms with E-state index in [2.05, 4.69) is 5.92 Å². The summed E-state index contributed by atoms with van der Waals surface area (Å²) in [4.78, 5) is 0. The van der Waals surface area contributed by atoms with Gasteiger partial charge in [0.15, 0.2) is 0 Å². The van der Waals surface area contributed by atoms with Crippen molar-refractivity contribution in [1.82, 2.24) is 0 Å². The Balaban J connectivity index is 2.34. The first-order valence-corrected chi connectivity index (χ1v) is 5.97. The highest BCUT2D eigenvalue weighted by atomic mass is 35.5. The topological polar surface area (TPSA) is 20.2 Å². The molecule has 2 aromatic rings. The summed E-state index contributed by atoms with van der Waals surface area (Å²) in [5.74, 6) is 2.36. The summed E-state index contributed by atoms with van der Waals surface area (Å²) >= 11 is 5.85. The van der Waals surface area contributed by atoms with Gasteiger partial charge in [0.1, 0.15) is 5.60 Å². The van der Waals surface area contributed by atoms with Gasteiger partial charge < -0.3 is 5.11 Å². The van der Waals surface area contributed by atoms with Crippen molar-refractivity contribution in [2.24, 2.45) is 0 Å². The third-order valence-electron chi connectivity index (χ3n) is 2.91. The molecule has 1 atom stereocenters. The molecule has 1 nitrogen and oxygen atoms in total. The van der Waals surface area contributed by atoms with E-state index in [1.807, 2.05) is 48.5 Å². The lowest BCUT2D eigenvalue weighted by Gasteiger charge is -2.16. The van der Waals surface area contributed by atoms with Gasteiger partial charge in [0.05, 0.1) is 0 Å². The summed E-state index contributed by atoms with van der Waals surface area (Å²) in [6, 6.07) is 15.2. The molecule has 0 aliphatic carbocycles. The standard InChI is InChI=1S/C16H13ClO/c1-3-16(2,18)14-8-4-12(5-9-14)13-6-10-15(17)11-7-13/h1,4-11,18H,2H3. The van der Waals surface area contributed by atoms with Gasteiger partial charge in [-0.25, -0.2) is 0 Å². The lowest BCUT2D eigenvalue weighted by Crippen LogP contribution is -2.17. The van der Waals surface area contributed by atoms with E-state index in [9.17, 15) is 5.11 Å². The molecule has 2 heteroatoms. The summed E-state index contributed by atoms with van der Waals surface area (Å²) in [7, 11) is 0. The highest BCUT2D eigenvalue weighted by Crippen LogP contribution is 2.25. The van der Waals surface area contributed by atoms with Crippen molar-refractivity contribution < 1.29 is 5.11 Å². The smallest absolute Gasteiger partial charge is 0.147 e. The molecule has 0 fully saturated rings. The normalized spacial score (nSPS) is 13.7. The average Bonchev–Trinajstić information content (AvgIpc) is 2.40. The van der Waals surface area contributed by atoms with Gasteiger partial charge >= 0.3 is 0 Å². The molecular weight excluding hydrogens is 244 g/mol. The Labute approximate surface area is 112 Å². The van der Waals surface area contributed by atoms with E-state index >= 15 is 0 Å². The van der Waals surface area contributed by atoms with Gasteiger partial charge in [-0.3, -0.25) is 0 Å². The maximum atomic E-state index is 9.94. The van der Waals surface area contributed by atoms with Crippen molar-refractivity contribution in [2.45, 2.75) is 12.5 Å². The van der Waals surface area contributed by atoms with Crippen LogP contribution in [0.15, 0.2) is 48.5 Å². The van der Waals surface area contributed by atoms with Crippen LogP contribution in [0.25, 0.3) is 11.1 Å². The largest absolute Gasteiger partial charge is 0.374 e. The average molecular weight is 257 g/mol. The molecule has 0 amide bonds. The Morgan fingerprint density at radius 2 is 1.44 bits per heavy atom. The summed E-state index contributed by atoms with van der Waals surface area (Å²) in [5.41, 5.74) is 1.62. The van der Waals surface area contributed by atoms with Crippen molar-refractivity contribution >= 4 is 11.6 Å². The summed E-state index contributed by atoms with van der Waals surface area (Å²) in [6.07, 6.45) is 5.29. The SMILES string of the molecule is C#CC(C)(O)c1ccc(-c2ccc(Cl)cc2)cc1. The number of hydrogen-bond acceptors (Lipinski definition) is 1. The fraction of sp³-hybridized carbons (Fsp3) is 0.125. The molecule has 90 valence electrons. The van der Waals surface area contributed by atoms with Crippen LogP contribution in [0.2, 0.25) is 5.02 Å². The van der Waals surface area contributed by atoms with E-state index < -0.39 is 5.60 Å². The van der Waals surface area contributed by atoms with Crippen LogP contribution in [0.3, 0.4) is 0 Å². The third-order valence-corrected chi connectivity index (χ3v) is 3.16. The predicted octanol–water partition coefficient (Wildman–Crippen LogP) is 3.85. The number of rotatable bonds is 2. The van der Waals surface area contributed by atoms with Crippen LogP contribution in [-0.4, -0.2) is 5.11 Å². The molecular formula is C16H13ClO. The third kappa shape index (κ3) is 2.56. The molecule has 2 rings (SSSR count). The van der Waals surface area contributed by atoms with E-state index in [0.29, 0.717) is 10.6 Å². The zero-order valence-corrected chi connectivity index (χ0v) is 10.8. The van der Waals surface area contributed by atoms with Crippen molar-refractivity contribution in [3.8, 4) is 23.5 Å². The monoisotopic (exact) mass is 256 g/mol. The van der Waals surface area contributed by atoms with Crippen LogP contribution in [0.4, 0.5) is 0 Å². The van der Waals surface area contributed by atoms with E-state index in [0.717, 1.165) is 11.1 Å². The van der Waals surface area contributed by atoms with Crippen LogP contribution >= 0.6 is 11.6 Å². The zero-order chi connectivity index (χ0) is 13.2. The molecule has 1 N–H and O–H groups in total. The molecule has 0 aromatic heterocycles. The second-order valence-corrected chi connectivity index (χ2v) is 4.74. The minimum Gasteiger partial charge on any atom is -0.374 e. The predicted molar refractivity (Wildman–Crippen MR) is 75.3 cm³/mol. The number of benzene rings is 2. The molecule has 0 saturated carbocycles. The van der Waals surface area contributed by atoms with Gasteiger partial charge in [-0.1, -0.05) is 53.9 Å². The second kappa shape index (κ2) is 4.86. The highest BCUT2D eigenvalue weighted by Gasteiger charge is 2.18. The quantitative estimate of drug-likeness (QED) is 0.810. The maximum Gasteiger partial charge on any atom is 0.147 e. The number of aliphatic hydroxyl groups is 1. The van der Waals surface area contributed by atoms with Crippen molar-refractivity contribution in [2.75, 3.05) is 0 Å². The first-order valence-electron chi connectivity index (χ1n) is 5.59. The van der Waals surface area contributed by atoms with Gasteiger partial charge in [-0.15, -0.1) is 6.42 Å². The van der Waals surface area contributed by atoms with Crippen LogP contribution < -0.4 is 0 Å². The Bertz CT molecular complexity index is 574. The summed E-state index contributed by atoms with van der Waals surface area (Å²) in [6.45, 7) is 1.60. The zero-order valence-electron chi connectivity index (χ0n) is 10.0. The van der Waals surface area contributed by atoms with Crippen LogP contribution in [0.5, 0.6) is 0 Å². The molecule has 0 aliphatic heterocycles. The van der Waals surface area contributed by atoms with Gasteiger partial charge in [-0.2, -0.15) is 0 Å². The minimum absolute atomic E-state index is 0.711. The van der Waals surface area contributed by atoms with Crippen molar-refractivity contribution in [1.29, 1.82) is 0 Å². The van der Waals surface area contributed by atoms with Gasteiger partial charge in [-0.05, 0) is 35.7 Å². The molecule has 18 heavy (non-hydrogen) atoms. The fourth-order valence-corrected chi connectivity index (χ4v) is 1.84. The first-order chi connectivity index (χ1) is 8.53. The van der Waals surface area contributed by atoms with Crippen LogP contribution in [0, 0.1) is 12.3 Å².